The molecular formula is C13H16N4O4S2. The minimum absolute atomic E-state index is 0.114. The molecule has 0 unspecified atom stereocenters. The lowest BCUT2D eigenvalue weighted by Crippen LogP contribution is -2.27. The van der Waals surface area contributed by atoms with Crippen molar-refractivity contribution in [3.8, 4) is 0 Å². The maximum atomic E-state index is 12.1. The molecular weight excluding hydrogens is 340 g/mol. The van der Waals surface area contributed by atoms with Crippen molar-refractivity contribution in [2.24, 2.45) is 0 Å². The molecule has 1 aromatic heterocycles. The minimum atomic E-state index is -3.76. The van der Waals surface area contributed by atoms with Gasteiger partial charge in [-0.3, -0.25) is 10.1 Å². The van der Waals surface area contributed by atoms with Gasteiger partial charge in [0.1, 0.15) is 0 Å². The molecule has 0 saturated carbocycles. The molecule has 1 amide bonds. The number of rotatable bonds is 7. The maximum Gasteiger partial charge on any atom is 0.269 e. The molecule has 2 N–H and O–H groups in total. The Kier molecular flexibility index (Phi) is 5.77. The van der Waals surface area contributed by atoms with Crippen LogP contribution in [0.15, 0.2) is 28.6 Å². The number of hydrogen-bond donors (Lipinski definition) is 2. The summed E-state index contributed by atoms with van der Waals surface area (Å²) in [5.41, 5.74) is 1.41. The summed E-state index contributed by atoms with van der Waals surface area (Å²) in [5.74, 6) is -0.374. The van der Waals surface area contributed by atoms with Crippen molar-refractivity contribution in [3.05, 3.63) is 35.4 Å². The number of nitrogens with one attached hydrogen (secondary N) is 2. The van der Waals surface area contributed by atoms with Gasteiger partial charge in [0.2, 0.25) is 9.47 Å². The molecule has 0 radical (unpaired) electrons. The summed E-state index contributed by atoms with van der Waals surface area (Å²) >= 11 is 0.780. The lowest BCUT2D eigenvalue weighted by atomic mass is 10.1. The van der Waals surface area contributed by atoms with Crippen LogP contribution in [-0.4, -0.2) is 44.8 Å². The molecule has 23 heavy (non-hydrogen) atoms. The Morgan fingerprint density at radius 1 is 1.35 bits per heavy atom. The van der Waals surface area contributed by atoms with Gasteiger partial charge in [-0.05, 0) is 19.1 Å². The first kappa shape index (κ1) is 17.5. The molecule has 0 aliphatic heterocycles. The largest absolute Gasteiger partial charge is 0.383 e. The van der Waals surface area contributed by atoms with Crippen molar-refractivity contribution in [1.29, 1.82) is 0 Å². The van der Waals surface area contributed by atoms with Crippen LogP contribution in [-0.2, 0) is 14.8 Å². The van der Waals surface area contributed by atoms with Crippen LogP contribution in [0.4, 0.5) is 5.13 Å². The highest BCUT2D eigenvalue weighted by atomic mass is 32.2. The van der Waals surface area contributed by atoms with E-state index in [4.69, 9.17) is 4.74 Å². The first-order chi connectivity index (χ1) is 10.9. The number of carbonyl (C=O) groups is 1. The molecule has 1 heterocycles. The second kappa shape index (κ2) is 7.59. The summed E-state index contributed by atoms with van der Waals surface area (Å²) in [6, 6.07) is 7.02. The molecule has 124 valence electrons. The number of methoxy groups -OCH3 is 1. The highest BCUT2D eigenvalue weighted by Crippen LogP contribution is 2.20. The van der Waals surface area contributed by atoms with Crippen molar-refractivity contribution >= 4 is 32.4 Å². The van der Waals surface area contributed by atoms with Gasteiger partial charge >= 0.3 is 0 Å². The van der Waals surface area contributed by atoms with E-state index < -0.39 is 10.0 Å². The number of amides is 1. The fourth-order valence-electron chi connectivity index (χ4n) is 1.66. The van der Waals surface area contributed by atoms with Crippen LogP contribution in [0, 0.1) is 6.92 Å². The molecule has 10 heteroatoms. The molecule has 2 rings (SSSR count). The predicted molar refractivity (Wildman–Crippen MR) is 86.1 cm³/mol. The Balaban J connectivity index is 2.06. The van der Waals surface area contributed by atoms with Gasteiger partial charge in [-0.1, -0.05) is 29.0 Å². The van der Waals surface area contributed by atoms with E-state index in [9.17, 15) is 13.2 Å². The smallest absolute Gasteiger partial charge is 0.269 e. The zero-order valence-corrected chi connectivity index (χ0v) is 14.2. The molecule has 0 spiro atoms. The molecule has 0 atom stereocenters. The van der Waals surface area contributed by atoms with Gasteiger partial charge in [0.05, 0.1) is 6.61 Å². The second-order valence-corrected chi connectivity index (χ2v) is 7.51. The Labute approximate surface area is 137 Å². The zero-order valence-electron chi connectivity index (χ0n) is 12.6. The van der Waals surface area contributed by atoms with Crippen LogP contribution in [0.1, 0.15) is 15.9 Å². The predicted octanol–water partition coefficient (Wildman–Crippen LogP) is 1.02. The van der Waals surface area contributed by atoms with Gasteiger partial charge in [-0.2, -0.15) is 0 Å². The summed E-state index contributed by atoms with van der Waals surface area (Å²) < 4.78 is 30.8. The highest BCUT2D eigenvalue weighted by Gasteiger charge is 2.20. The van der Waals surface area contributed by atoms with E-state index in [0.29, 0.717) is 5.56 Å². The summed E-state index contributed by atoms with van der Waals surface area (Å²) in [5, 5.41) is 9.93. The standard InChI is InChI=1S/C13H16N4O4S2/c1-9-4-3-5-10(8-9)11(18)15-12-16-17-13(22-12)23(19,20)14-6-7-21-2/h3-5,8,14H,6-7H2,1-2H3,(H,15,16,18). The lowest BCUT2D eigenvalue weighted by molar-refractivity contribution is 0.102. The third kappa shape index (κ3) is 4.79. The summed E-state index contributed by atoms with van der Waals surface area (Å²) in [4.78, 5) is 12.1. The van der Waals surface area contributed by atoms with Gasteiger partial charge in [-0.25, -0.2) is 13.1 Å². The molecule has 8 nitrogen and oxygen atoms in total. The molecule has 0 bridgehead atoms. The molecule has 1 aromatic carbocycles. The number of anilines is 1. The second-order valence-electron chi connectivity index (χ2n) is 4.59. The van der Waals surface area contributed by atoms with E-state index in [1.165, 1.54) is 7.11 Å². The third-order valence-corrected chi connectivity index (χ3v) is 5.40. The van der Waals surface area contributed by atoms with Gasteiger partial charge in [-0.15, -0.1) is 10.2 Å². The minimum Gasteiger partial charge on any atom is -0.383 e. The molecule has 2 aromatic rings. The van der Waals surface area contributed by atoms with Gasteiger partial charge in [0.15, 0.2) is 0 Å². The fourth-order valence-corrected chi connectivity index (χ4v) is 3.61. The van der Waals surface area contributed by atoms with Crippen LogP contribution >= 0.6 is 11.3 Å². The Morgan fingerprint density at radius 3 is 2.83 bits per heavy atom. The van der Waals surface area contributed by atoms with Crippen LogP contribution < -0.4 is 10.0 Å². The van der Waals surface area contributed by atoms with Crippen molar-refractivity contribution in [3.63, 3.8) is 0 Å². The highest BCUT2D eigenvalue weighted by molar-refractivity contribution is 7.91. The lowest BCUT2D eigenvalue weighted by Gasteiger charge is -2.02. The SMILES string of the molecule is COCCNS(=O)(=O)c1nnc(NC(=O)c2cccc(C)c2)s1. The number of sulfonamides is 1. The van der Waals surface area contributed by atoms with E-state index in [2.05, 4.69) is 20.2 Å². The average Bonchev–Trinajstić information content (AvgIpc) is 2.97. The van der Waals surface area contributed by atoms with Crippen LogP contribution in [0.25, 0.3) is 0 Å². The third-order valence-electron chi connectivity index (χ3n) is 2.74. The number of ether oxygens (including phenoxy) is 1. The normalized spacial score (nSPS) is 11.4. The fraction of sp³-hybridized carbons (Fsp3) is 0.308. The number of hydrogen-bond acceptors (Lipinski definition) is 7. The number of carbonyl (C=O) groups excluding carboxylic acids is 1. The Hall–Kier alpha value is -1.88. The van der Waals surface area contributed by atoms with E-state index in [-0.39, 0.29) is 28.5 Å². The number of benzene rings is 1. The first-order valence-corrected chi connectivity index (χ1v) is 8.92. The van der Waals surface area contributed by atoms with Crippen LogP contribution in [0.3, 0.4) is 0 Å². The van der Waals surface area contributed by atoms with E-state index in [1.54, 1.807) is 18.2 Å². The number of aromatic nitrogens is 2. The van der Waals surface area contributed by atoms with Crippen molar-refractivity contribution in [2.75, 3.05) is 25.6 Å². The first-order valence-electron chi connectivity index (χ1n) is 6.62. The van der Waals surface area contributed by atoms with Crippen LogP contribution in [0.2, 0.25) is 0 Å². The molecule has 0 aliphatic rings. The van der Waals surface area contributed by atoms with Crippen molar-refractivity contribution < 1.29 is 17.9 Å². The molecule has 0 aliphatic carbocycles. The topological polar surface area (TPSA) is 110 Å². The summed E-state index contributed by atoms with van der Waals surface area (Å²) in [7, 11) is -2.28. The van der Waals surface area contributed by atoms with Gasteiger partial charge in [0, 0.05) is 19.2 Å². The van der Waals surface area contributed by atoms with Gasteiger partial charge in [0.25, 0.3) is 15.9 Å². The van der Waals surface area contributed by atoms with Crippen molar-refractivity contribution in [1.82, 2.24) is 14.9 Å². The summed E-state index contributed by atoms with van der Waals surface area (Å²) in [6.07, 6.45) is 0. The van der Waals surface area contributed by atoms with Crippen molar-refractivity contribution in [2.45, 2.75) is 11.3 Å². The molecule has 0 saturated heterocycles. The summed E-state index contributed by atoms with van der Waals surface area (Å²) in [6.45, 7) is 2.25. The monoisotopic (exact) mass is 356 g/mol. The van der Waals surface area contributed by atoms with E-state index in [1.807, 2.05) is 13.0 Å². The molecule has 0 fully saturated rings. The quantitative estimate of drug-likeness (QED) is 0.566. The Bertz CT molecular complexity index is 789. The van der Waals surface area contributed by atoms with Crippen LogP contribution in [0.5, 0.6) is 0 Å². The van der Waals surface area contributed by atoms with E-state index >= 15 is 0 Å². The zero-order chi connectivity index (χ0) is 16.9. The number of nitrogens with zero attached hydrogens (tertiary/aromatic N) is 2. The average molecular weight is 356 g/mol. The van der Waals surface area contributed by atoms with Gasteiger partial charge < -0.3 is 4.74 Å². The van der Waals surface area contributed by atoms with E-state index in [0.717, 1.165) is 16.9 Å². The Morgan fingerprint density at radius 2 is 2.13 bits per heavy atom. The number of aryl methyl sites for hydroxylation is 1. The maximum absolute atomic E-state index is 12.1.